The van der Waals surface area contributed by atoms with Crippen LogP contribution in [0.3, 0.4) is 0 Å². The molecule has 0 saturated carbocycles. The third-order valence-corrected chi connectivity index (χ3v) is 3.75. The number of aryl methyl sites for hydroxylation is 1. The van der Waals surface area contributed by atoms with Gasteiger partial charge in [0.15, 0.2) is 0 Å². The molecule has 0 aliphatic rings. The summed E-state index contributed by atoms with van der Waals surface area (Å²) in [4.78, 5) is 0. The Labute approximate surface area is 117 Å². The molecule has 3 aromatic rings. The maximum Gasteiger partial charge on any atom is 0.128 e. The summed E-state index contributed by atoms with van der Waals surface area (Å²) in [5.41, 5.74) is 8.98. The third-order valence-electron chi connectivity index (χ3n) is 3.75. The van der Waals surface area contributed by atoms with Crippen LogP contribution < -0.4 is 5.73 Å². The summed E-state index contributed by atoms with van der Waals surface area (Å²) in [6.07, 6.45) is 0. The van der Waals surface area contributed by atoms with E-state index in [9.17, 15) is 4.39 Å². The van der Waals surface area contributed by atoms with Crippen molar-refractivity contribution < 1.29 is 4.39 Å². The van der Waals surface area contributed by atoms with Gasteiger partial charge in [-0.05, 0) is 34.9 Å². The molecule has 0 saturated heterocycles. The van der Waals surface area contributed by atoms with Crippen molar-refractivity contribution in [2.45, 2.75) is 13.0 Å². The van der Waals surface area contributed by atoms with Crippen LogP contribution in [0.4, 0.5) is 4.39 Å². The van der Waals surface area contributed by atoms with E-state index in [0.717, 1.165) is 16.3 Å². The monoisotopic (exact) mass is 265 g/mol. The first-order valence-corrected chi connectivity index (χ1v) is 6.67. The fourth-order valence-electron chi connectivity index (χ4n) is 2.64. The maximum atomic E-state index is 13.9. The van der Waals surface area contributed by atoms with Crippen LogP contribution in [0.1, 0.15) is 22.7 Å². The second kappa shape index (κ2) is 5.06. The van der Waals surface area contributed by atoms with E-state index in [1.165, 1.54) is 11.6 Å². The van der Waals surface area contributed by atoms with Crippen molar-refractivity contribution in [3.63, 3.8) is 0 Å². The van der Waals surface area contributed by atoms with Crippen molar-refractivity contribution >= 4 is 10.8 Å². The lowest BCUT2D eigenvalue weighted by molar-refractivity contribution is 0.600. The van der Waals surface area contributed by atoms with Crippen LogP contribution >= 0.6 is 0 Å². The van der Waals surface area contributed by atoms with Crippen molar-refractivity contribution in [3.8, 4) is 0 Å². The molecule has 1 nitrogen and oxygen atoms in total. The minimum Gasteiger partial charge on any atom is -0.320 e. The summed E-state index contributed by atoms with van der Waals surface area (Å²) in [6.45, 7) is 2.07. The van der Waals surface area contributed by atoms with Crippen molar-refractivity contribution in [1.82, 2.24) is 0 Å². The molecule has 2 N–H and O–H groups in total. The first-order chi connectivity index (χ1) is 9.68. The number of hydrogen-bond acceptors (Lipinski definition) is 1. The van der Waals surface area contributed by atoms with E-state index in [2.05, 4.69) is 13.0 Å². The van der Waals surface area contributed by atoms with Gasteiger partial charge in [0.1, 0.15) is 5.82 Å². The molecular weight excluding hydrogens is 249 g/mol. The maximum absolute atomic E-state index is 13.9. The number of hydrogen-bond donors (Lipinski definition) is 1. The van der Waals surface area contributed by atoms with Crippen LogP contribution in [0.15, 0.2) is 60.7 Å². The highest BCUT2D eigenvalue weighted by atomic mass is 19.1. The summed E-state index contributed by atoms with van der Waals surface area (Å²) in [5, 5.41) is 2.25. The summed E-state index contributed by atoms with van der Waals surface area (Å²) >= 11 is 0. The number of benzene rings is 3. The van der Waals surface area contributed by atoms with Gasteiger partial charge in [-0.3, -0.25) is 0 Å². The first kappa shape index (κ1) is 12.8. The van der Waals surface area contributed by atoms with E-state index in [1.807, 2.05) is 36.4 Å². The minimum atomic E-state index is -0.457. The number of halogens is 1. The standard InChI is InChI=1S/C18H16FN/c1-12-10-11-15(14-7-3-2-6-13(12)14)18(20)16-8-4-5-9-17(16)19/h2-11,18H,20H2,1H3. The van der Waals surface area contributed by atoms with Gasteiger partial charge in [0.05, 0.1) is 6.04 Å². The molecule has 2 heteroatoms. The van der Waals surface area contributed by atoms with Crippen molar-refractivity contribution in [1.29, 1.82) is 0 Å². The van der Waals surface area contributed by atoms with Gasteiger partial charge < -0.3 is 5.73 Å². The van der Waals surface area contributed by atoms with Crippen LogP contribution in [0.2, 0.25) is 0 Å². The topological polar surface area (TPSA) is 26.0 Å². The average molecular weight is 265 g/mol. The van der Waals surface area contributed by atoms with Gasteiger partial charge >= 0.3 is 0 Å². The molecule has 20 heavy (non-hydrogen) atoms. The Kier molecular flexibility index (Phi) is 3.25. The summed E-state index contributed by atoms with van der Waals surface area (Å²) < 4.78 is 13.9. The number of rotatable bonds is 2. The Balaban J connectivity index is 2.20. The SMILES string of the molecule is Cc1ccc(C(N)c2ccccc2F)c2ccccc12. The molecule has 1 unspecified atom stereocenters. The van der Waals surface area contributed by atoms with Gasteiger partial charge in [-0.1, -0.05) is 54.6 Å². The Hall–Kier alpha value is -2.19. The molecule has 100 valence electrons. The van der Waals surface area contributed by atoms with E-state index < -0.39 is 6.04 Å². The molecule has 0 radical (unpaired) electrons. The molecular formula is C18H16FN. The van der Waals surface area contributed by atoms with Crippen LogP contribution in [-0.2, 0) is 0 Å². The lowest BCUT2D eigenvalue weighted by Gasteiger charge is -2.17. The Bertz CT molecular complexity index is 764. The summed E-state index contributed by atoms with van der Waals surface area (Å²) in [7, 11) is 0. The first-order valence-electron chi connectivity index (χ1n) is 6.67. The van der Waals surface area contributed by atoms with E-state index >= 15 is 0 Å². The minimum absolute atomic E-state index is 0.260. The predicted octanol–water partition coefficient (Wildman–Crippen LogP) is 4.34. The normalized spacial score (nSPS) is 12.6. The zero-order valence-corrected chi connectivity index (χ0v) is 11.3. The van der Waals surface area contributed by atoms with E-state index in [-0.39, 0.29) is 5.82 Å². The number of fused-ring (bicyclic) bond motifs is 1. The second-order valence-electron chi connectivity index (χ2n) is 5.02. The molecule has 0 amide bonds. The molecule has 0 aliphatic heterocycles. The molecule has 0 fully saturated rings. The predicted molar refractivity (Wildman–Crippen MR) is 81.1 cm³/mol. The molecule has 3 rings (SSSR count). The quantitative estimate of drug-likeness (QED) is 0.733. The fourth-order valence-corrected chi connectivity index (χ4v) is 2.64. The Morgan fingerprint density at radius 3 is 2.20 bits per heavy atom. The van der Waals surface area contributed by atoms with E-state index in [4.69, 9.17) is 5.73 Å². The smallest absolute Gasteiger partial charge is 0.128 e. The van der Waals surface area contributed by atoms with Crippen LogP contribution in [0.25, 0.3) is 10.8 Å². The number of nitrogens with two attached hydrogens (primary N) is 1. The fraction of sp³-hybridized carbons (Fsp3) is 0.111. The average Bonchev–Trinajstić information content (AvgIpc) is 2.48. The molecule has 0 spiro atoms. The van der Waals surface area contributed by atoms with Crippen LogP contribution in [0, 0.1) is 12.7 Å². The Morgan fingerprint density at radius 1 is 0.800 bits per heavy atom. The van der Waals surface area contributed by atoms with Gasteiger partial charge in [-0.25, -0.2) is 4.39 Å². The van der Waals surface area contributed by atoms with Gasteiger partial charge in [0.2, 0.25) is 0 Å². The zero-order valence-electron chi connectivity index (χ0n) is 11.3. The second-order valence-corrected chi connectivity index (χ2v) is 5.02. The largest absolute Gasteiger partial charge is 0.320 e. The zero-order chi connectivity index (χ0) is 14.1. The highest BCUT2D eigenvalue weighted by Gasteiger charge is 2.15. The van der Waals surface area contributed by atoms with Gasteiger partial charge in [0, 0.05) is 5.56 Å². The van der Waals surface area contributed by atoms with Crippen molar-refractivity contribution in [2.24, 2.45) is 5.73 Å². The van der Waals surface area contributed by atoms with Crippen LogP contribution in [-0.4, -0.2) is 0 Å². The third kappa shape index (κ3) is 2.08. The Morgan fingerprint density at radius 2 is 1.45 bits per heavy atom. The highest BCUT2D eigenvalue weighted by Crippen LogP contribution is 2.30. The lowest BCUT2D eigenvalue weighted by atomic mass is 9.92. The molecule has 3 aromatic carbocycles. The van der Waals surface area contributed by atoms with Crippen molar-refractivity contribution in [2.75, 3.05) is 0 Å². The molecule has 0 heterocycles. The van der Waals surface area contributed by atoms with Gasteiger partial charge in [-0.2, -0.15) is 0 Å². The molecule has 0 aromatic heterocycles. The van der Waals surface area contributed by atoms with Crippen molar-refractivity contribution in [3.05, 3.63) is 83.2 Å². The van der Waals surface area contributed by atoms with Gasteiger partial charge in [0.25, 0.3) is 0 Å². The summed E-state index contributed by atoms with van der Waals surface area (Å²) in [5.74, 6) is -0.260. The molecule has 0 aliphatic carbocycles. The van der Waals surface area contributed by atoms with Gasteiger partial charge in [-0.15, -0.1) is 0 Å². The van der Waals surface area contributed by atoms with E-state index in [0.29, 0.717) is 5.56 Å². The molecule has 0 bridgehead atoms. The summed E-state index contributed by atoms with van der Waals surface area (Å²) in [6, 6.07) is 18.4. The lowest BCUT2D eigenvalue weighted by Crippen LogP contribution is -2.14. The highest BCUT2D eigenvalue weighted by molar-refractivity contribution is 5.89. The molecule has 1 atom stereocenters. The van der Waals surface area contributed by atoms with E-state index in [1.54, 1.807) is 12.1 Å². The van der Waals surface area contributed by atoms with Crippen LogP contribution in [0.5, 0.6) is 0 Å².